The fraction of sp³-hybridized carbons (Fsp3) is 0.967. The molecule has 0 aliphatic carbocycles. The van der Waals surface area contributed by atoms with E-state index in [2.05, 4.69) is 0 Å². The van der Waals surface area contributed by atoms with Crippen LogP contribution in [0, 0.1) is 0 Å². The van der Waals surface area contributed by atoms with Crippen LogP contribution in [0.5, 0.6) is 0 Å². The van der Waals surface area contributed by atoms with E-state index in [1.807, 2.05) is 0 Å². The fourth-order valence-electron chi connectivity index (χ4n) is 4.84. The maximum absolute atomic E-state index is 10.4. The van der Waals surface area contributed by atoms with Gasteiger partial charge in [0, 0.05) is 6.42 Å². The predicted molar refractivity (Wildman–Crippen MR) is 146 cm³/mol. The summed E-state index contributed by atoms with van der Waals surface area (Å²) in [6.07, 6.45) is 37.4. The second-order valence-corrected chi connectivity index (χ2v) is 10.5. The van der Waals surface area contributed by atoms with Crippen LogP contribution in [0.4, 0.5) is 0 Å². The normalized spacial score (nSPS) is 11.3. The number of unbranched alkanes of at least 4 members (excludes halogenated alkanes) is 26. The van der Waals surface area contributed by atoms with Gasteiger partial charge in [-0.2, -0.15) is 0 Å². The average molecular weight is 468 g/mol. The van der Waals surface area contributed by atoms with E-state index < -0.39 is 5.97 Å². The lowest BCUT2D eigenvalue weighted by atomic mass is 10.0. The Morgan fingerprint density at radius 2 is 0.545 bits per heavy atom. The number of hydrogen-bond donors (Lipinski definition) is 2. The maximum atomic E-state index is 10.4. The lowest BCUT2D eigenvalue weighted by Gasteiger charge is -2.04. The molecule has 0 aromatic heterocycles. The molecule has 0 radical (unpaired) electrons. The summed E-state index contributed by atoms with van der Waals surface area (Å²) in [6, 6.07) is 0. The molecule has 0 saturated carbocycles. The SMILES string of the molecule is NCCCCCCCCCCCCCCCCCCCCCCCCCCCCCC(=O)O. The highest BCUT2D eigenvalue weighted by Crippen LogP contribution is 2.16. The molecular formula is C30H61NO2. The van der Waals surface area contributed by atoms with Crippen LogP contribution in [0.15, 0.2) is 0 Å². The lowest BCUT2D eigenvalue weighted by Crippen LogP contribution is -1.97. The van der Waals surface area contributed by atoms with Crippen LogP contribution in [0.3, 0.4) is 0 Å². The number of carboxylic acid groups (broad SMARTS) is 1. The summed E-state index contributed by atoms with van der Waals surface area (Å²) in [5, 5.41) is 8.61. The van der Waals surface area contributed by atoms with E-state index >= 15 is 0 Å². The zero-order valence-corrected chi connectivity index (χ0v) is 22.4. The first-order chi connectivity index (χ1) is 16.3. The van der Waals surface area contributed by atoms with Gasteiger partial charge in [0.2, 0.25) is 0 Å². The van der Waals surface area contributed by atoms with Crippen LogP contribution in [-0.2, 0) is 4.79 Å². The van der Waals surface area contributed by atoms with Crippen molar-refractivity contribution >= 4 is 5.97 Å². The van der Waals surface area contributed by atoms with Crippen molar-refractivity contribution in [1.29, 1.82) is 0 Å². The van der Waals surface area contributed by atoms with Crippen molar-refractivity contribution in [2.75, 3.05) is 6.54 Å². The Morgan fingerprint density at radius 1 is 0.364 bits per heavy atom. The van der Waals surface area contributed by atoms with Crippen molar-refractivity contribution in [3.63, 3.8) is 0 Å². The smallest absolute Gasteiger partial charge is 0.303 e. The van der Waals surface area contributed by atoms with Crippen molar-refractivity contribution in [2.24, 2.45) is 5.73 Å². The third kappa shape index (κ3) is 31.4. The van der Waals surface area contributed by atoms with Crippen LogP contribution < -0.4 is 5.73 Å². The minimum atomic E-state index is -0.650. The molecule has 0 saturated heterocycles. The summed E-state index contributed by atoms with van der Waals surface area (Å²) in [5.41, 5.74) is 5.53. The Bertz CT molecular complexity index is 372. The van der Waals surface area contributed by atoms with Crippen LogP contribution in [0.2, 0.25) is 0 Å². The molecule has 0 atom stereocenters. The molecule has 33 heavy (non-hydrogen) atoms. The number of carboxylic acids is 1. The lowest BCUT2D eigenvalue weighted by molar-refractivity contribution is -0.137. The minimum absolute atomic E-state index is 0.344. The number of carbonyl (C=O) groups is 1. The molecular weight excluding hydrogens is 406 g/mol. The molecule has 0 heterocycles. The molecule has 3 N–H and O–H groups in total. The zero-order chi connectivity index (χ0) is 24.1. The van der Waals surface area contributed by atoms with Crippen molar-refractivity contribution in [1.82, 2.24) is 0 Å². The van der Waals surface area contributed by atoms with Crippen molar-refractivity contribution in [3.8, 4) is 0 Å². The van der Waals surface area contributed by atoms with Crippen LogP contribution in [0.1, 0.15) is 180 Å². The second-order valence-electron chi connectivity index (χ2n) is 10.5. The monoisotopic (exact) mass is 467 g/mol. The molecule has 0 aliphatic rings. The molecule has 0 amide bonds. The topological polar surface area (TPSA) is 63.3 Å². The molecule has 0 fully saturated rings. The quantitative estimate of drug-likeness (QED) is 0.108. The van der Waals surface area contributed by atoms with Crippen molar-refractivity contribution in [3.05, 3.63) is 0 Å². The van der Waals surface area contributed by atoms with E-state index in [4.69, 9.17) is 10.8 Å². The van der Waals surface area contributed by atoms with Crippen molar-refractivity contribution in [2.45, 2.75) is 180 Å². The predicted octanol–water partition coefficient (Wildman–Crippen LogP) is 9.95. The van der Waals surface area contributed by atoms with E-state index in [9.17, 15) is 4.79 Å². The molecule has 3 nitrogen and oxygen atoms in total. The van der Waals surface area contributed by atoms with Crippen LogP contribution >= 0.6 is 0 Å². The highest BCUT2D eigenvalue weighted by Gasteiger charge is 1.98. The van der Waals surface area contributed by atoms with Crippen LogP contribution in [0.25, 0.3) is 0 Å². The third-order valence-electron chi connectivity index (χ3n) is 7.09. The summed E-state index contributed by atoms with van der Waals surface area (Å²) in [5.74, 6) is -0.650. The Labute approximate surface area is 208 Å². The van der Waals surface area contributed by atoms with Gasteiger partial charge in [-0.15, -0.1) is 0 Å². The van der Waals surface area contributed by atoms with Gasteiger partial charge in [-0.05, 0) is 19.4 Å². The molecule has 0 spiro atoms. The van der Waals surface area contributed by atoms with Gasteiger partial charge in [0.15, 0.2) is 0 Å². The van der Waals surface area contributed by atoms with Gasteiger partial charge in [-0.1, -0.05) is 161 Å². The second kappa shape index (κ2) is 29.5. The summed E-state index contributed by atoms with van der Waals surface area (Å²) in [6.45, 7) is 0.864. The Kier molecular flexibility index (Phi) is 29.0. The number of aliphatic carboxylic acids is 1. The third-order valence-corrected chi connectivity index (χ3v) is 7.09. The van der Waals surface area contributed by atoms with Gasteiger partial charge in [-0.3, -0.25) is 4.79 Å². The number of nitrogens with two attached hydrogens (primary N) is 1. The molecule has 0 aliphatic heterocycles. The van der Waals surface area contributed by atoms with E-state index in [-0.39, 0.29) is 0 Å². The van der Waals surface area contributed by atoms with E-state index in [1.165, 1.54) is 161 Å². The molecule has 198 valence electrons. The number of rotatable bonds is 29. The molecule has 0 unspecified atom stereocenters. The molecule has 0 aromatic rings. The Hall–Kier alpha value is -0.570. The van der Waals surface area contributed by atoms with Gasteiger partial charge in [0.05, 0.1) is 0 Å². The largest absolute Gasteiger partial charge is 0.481 e. The van der Waals surface area contributed by atoms with Gasteiger partial charge in [0.25, 0.3) is 0 Å². The zero-order valence-electron chi connectivity index (χ0n) is 22.4. The first-order valence-corrected chi connectivity index (χ1v) is 15.2. The number of hydrogen-bond acceptors (Lipinski definition) is 2. The van der Waals surface area contributed by atoms with Gasteiger partial charge < -0.3 is 10.8 Å². The molecule has 0 bridgehead atoms. The van der Waals surface area contributed by atoms with E-state index in [0.717, 1.165) is 19.4 Å². The average Bonchev–Trinajstić information content (AvgIpc) is 2.80. The van der Waals surface area contributed by atoms with Gasteiger partial charge >= 0.3 is 5.97 Å². The first kappa shape index (κ1) is 32.4. The maximum Gasteiger partial charge on any atom is 0.303 e. The highest BCUT2D eigenvalue weighted by atomic mass is 16.4. The van der Waals surface area contributed by atoms with E-state index in [1.54, 1.807) is 0 Å². The highest BCUT2D eigenvalue weighted by molar-refractivity contribution is 5.66. The summed E-state index contributed by atoms with van der Waals surface area (Å²) >= 11 is 0. The summed E-state index contributed by atoms with van der Waals surface area (Å²) in [4.78, 5) is 10.4. The molecule has 0 aromatic carbocycles. The summed E-state index contributed by atoms with van der Waals surface area (Å²) < 4.78 is 0. The fourth-order valence-corrected chi connectivity index (χ4v) is 4.84. The minimum Gasteiger partial charge on any atom is -0.481 e. The Balaban J connectivity index is 3.01. The van der Waals surface area contributed by atoms with Gasteiger partial charge in [0.1, 0.15) is 0 Å². The van der Waals surface area contributed by atoms with E-state index in [0.29, 0.717) is 6.42 Å². The summed E-state index contributed by atoms with van der Waals surface area (Å²) in [7, 11) is 0. The van der Waals surface area contributed by atoms with Gasteiger partial charge in [-0.25, -0.2) is 0 Å². The molecule has 0 rings (SSSR count). The standard InChI is InChI=1S/C30H61NO2/c31-29-27-25-23-21-19-17-15-13-11-9-7-5-3-1-2-4-6-8-10-12-14-16-18-20-22-24-26-28-30(32)33/h1-29,31H2,(H,32,33). The van der Waals surface area contributed by atoms with Crippen LogP contribution in [-0.4, -0.2) is 17.6 Å². The first-order valence-electron chi connectivity index (χ1n) is 15.2. The Morgan fingerprint density at radius 3 is 0.727 bits per heavy atom. The van der Waals surface area contributed by atoms with Crippen molar-refractivity contribution < 1.29 is 9.90 Å². The molecule has 3 heteroatoms.